The molecule has 2 aromatic rings. The molecule has 0 amide bonds. The van der Waals surface area contributed by atoms with Crippen molar-refractivity contribution < 1.29 is 19.0 Å². The zero-order valence-corrected chi connectivity index (χ0v) is 16.5. The van der Waals surface area contributed by atoms with Crippen LogP contribution < -0.4 is 4.74 Å². The first-order chi connectivity index (χ1) is 13.1. The van der Waals surface area contributed by atoms with E-state index in [1.54, 1.807) is 18.2 Å². The Kier molecular flexibility index (Phi) is 6.26. The smallest absolute Gasteiger partial charge is 0.164 e. The van der Waals surface area contributed by atoms with Gasteiger partial charge in [-0.05, 0) is 69.2 Å². The highest BCUT2D eigenvalue weighted by atomic mass is 35.5. The topological polar surface area (TPSA) is 49.8 Å². The van der Waals surface area contributed by atoms with Crippen LogP contribution in [0.3, 0.4) is 0 Å². The summed E-state index contributed by atoms with van der Waals surface area (Å²) >= 11 is 0. The maximum atomic E-state index is 12.9. The normalized spacial score (nSPS) is 17.6. The van der Waals surface area contributed by atoms with E-state index in [4.69, 9.17) is 4.74 Å². The average molecular weight is 406 g/mol. The first-order valence-corrected chi connectivity index (χ1v) is 9.54. The standard InChI is InChI=1S/C22H24FNO3.ClH/c23-17-8-6-16(7-9-17)19(25)5-2-12-24-13-10-22(11-14-24)15-27-21-18(22)3-1-4-20(21)26;/h1,3-4,6-9,26H,2,5,10-15H2;1H. The molecule has 1 saturated heterocycles. The summed E-state index contributed by atoms with van der Waals surface area (Å²) in [5, 5.41) is 9.99. The molecule has 4 rings (SSSR count). The van der Waals surface area contributed by atoms with Crippen molar-refractivity contribution in [1.82, 2.24) is 4.90 Å². The highest BCUT2D eigenvalue weighted by Gasteiger charge is 2.43. The van der Waals surface area contributed by atoms with Crippen LogP contribution in [-0.4, -0.2) is 42.0 Å². The predicted molar refractivity (Wildman–Crippen MR) is 108 cm³/mol. The highest BCUT2D eigenvalue weighted by molar-refractivity contribution is 5.95. The molecule has 0 bridgehead atoms. The number of rotatable bonds is 5. The number of hydrogen-bond donors (Lipinski definition) is 1. The van der Waals surface area contributed by atoms with E-state index in [0.717, 1.165) is 44.5 Å². The number of fused-ring (bicyclic) bond motifs is 2. The second-order valence-corrected chi connectivity index (χ2v) is 7.60. The fourth-order valence-corrected chi connectivity index (χ4v) is 4.24. The highest BCUT2D eigenvalue weighted by Crippen LogP contribution is 2.48. The Morgan fingerprint density at radius 3 is 2.57 bits per heavy atom. The zero-order valence-electron chi connectivity index (χ0n) is 15.7. The number of phenolic OH excluding ortho intramolecular Hbond substituents is 1. The molecular formula is C22H25ClFNO3. The van der Waals surface area contributed by atoms with Gasteiger partial charge in [0, 0.05) is 23.0 Å². The largest absolute Gasteiger partial charge is 0.504 e. The minimum Gasteiger partial charge on any atom is -0.504 e. The Hall–Kier alpha value is -2.11. The van der Waals surface area contributed by atoms with Gasteiger partial charge in [-0.15, -0.1) is 12.4 Å². The van der Waals surface area contributed by atoms with E-state index >= 15 is 0 Å². The van der Waals surface area contributed by atoms with Crippen molar-refractivity contribution in [1.29, 1.82) is 0 Å². The van der Waals surface area contributed by atoms with E-state index in [9.17, 15) is 14.3 Å². The van der Waals surface area contributed by atoms with Gasteiger partial charge < -0.3 is 14.7 Å². The van der Waals surface area contributed by atoms with Gasteiger partial charge in [0.2, 0.25) is 0 Å². The van der Waals surface area contributed by atoms with Crippen LogP contribution in [0.15, 0.2) is 42.5 Å². The molecule has 1 fully saturated rings. The number of likely N-dealkylation sites (tertiary alicyclic amines) is 1. The first kappa shape index (κ1) is 20.6. The lowest BCUT2D eigenvalue weighted by molar-refractivity contribution is 0.0963. The Balaban J connectivity index is 0.00000225. The molecule has 2 aliphatic heterocycles. The molecule has 0 aliphatic carbocycles. The van der Waals surface area contributed by atoms with Crippen LogP contribution in [0.2, 0.25) is 0 Å². The Morgan fingerprint density at radius 2 is 1.86 bits per heavy atom. The van der Waals surface area contributed by atoms with Crippen LogP contribution in [0.4, 0.5) is 4.39 Å². The third-order valence-electron chi connectivity index (χ3n) is 5.92. The lowest BCUT2D eigenvalue weighted by atomic mass is 9.74. The number of hydrogen-bond acceptors (Lipinski definition) is 4. The van der Waals surface area contributed by atoms with E-state index in [1.807, 2.05) is 6.07 Å². The fourth-order valence-electron chi connectivity index (χ4n) is 4.24. The molecular weight excluding hydrogens is 381 g/mol. The number of aromatic hydroxyl groups is 1. The molecule has 28 heavy (non-hydrogen) atoms. The van der Waals surface area contributed by atoms with Gasteiger partial charge in [-0.2, -0.15) is 0 Å². The van der Waals surface area contributed by atoms with Gasteiger partial charge in [0.05, 0.1) is 6.61 Å². The lowest BCUT2D eigenvalue weighted by Gasteiger charge is -2.38. The molecule has 150 valence electrons. The van der Waals surface area contributed by atoms with Crippen molar-refractivity contribution in [2.75, 3.05) is 26.2 Å². The van der Waals surface area contributed by atoms with E-state index < -0.39 is 0 Å². The number of ether oxygens (including phenoxy) is 1. The van der Waals surface area contributed by atoms with E-state index in [-0.39, 0.29) is 35.2 Å². The van der Waals surface area contributed by atoms with E-state index in [2.05, 4.69) is 11.0 Å². The summed E-state index contributed by atoms with van der Waals surface area (Å²) in [7, 11) is 0. The van der Waals surface area contributed by atoms with Crippen LogP contribution >= 0.6 is 12.4 Å². The van der Waals surface area contributed by atoms with Crippen molar-refractivity contribution in [3.05, 3.63) is 59.4 Å². The molecule has 0 unspecified atom stereocenters. The van der Waals surface area contributed by atoms with Crippen molar-refractivity contribution in [2.24, 2.45) is 0 Å². The fraction of sp³-hybridized carbons (Fsp3) is 0.409. The second-order valence-electron chi connectivity index (χ2n) is 7.60. The second kappa shape index (κ2) is 8.50. The van der Waals surface area contributed by atoms with Crippen molar-refractivity contribution in [3.8, 4) is 11.5 Å². The zero-order chi connectivity index (χ0) is 18.9. The molecule has 4 nitrogen and oxygen atoms in total. The summed E-state index contributed by atoms with van der Waals surface area (Å²) in [6.45, 7) is 3.44. The third kappa shape index (κ3) is 4.01. The number of halogens is 2. The average Bonchev–Trinajstić information content (AvgIpc) is 3.04. The molecule has 2 aromatic carbocycles. The number of phenols is 1. The van der Waals surface area contributed by atoms with Gasteiger partial charge in [-0.3, -0.25) is 4.79 Å². The number of ketones is 1. The summed E-state index contributed by atoms with van der Waals surface area (Å²) in [6.07, 6.45) is 3.27. The van der Waals surface area contributed by atoms with Gasteiger partial charge in [0.25, 0.3) is 0 Å². The van der Waals surface area contributed by atoms with Crippen LogP contribution in [-0.2, 0) is 5.41 Å². The van der Waals surface area contributed by atoms with E-state index in [0.29, 0.717) is 24.3 Å². The number of Topliss-reactive ketones (excluding diaryl/α,β-unsaturated/α-hetero) is 1. The molecule has 0 saturated carbocycles. The summed E-state index contributed by atoms with van der Waals surface area (Å²) in [6, 6.07) is 11.4. The van der Waals surface area contributed by atoms with Crippen LogP contribution in [0.5, 0.6) is 11.5 Å². The third-order valence-corrected chi connectivity index (χ3v) is 5.92. The molecule has 2 heterocycles. The predicted octanol–water partition coefficient (Wildman–Crippen LogP) is 4.34. The van der Waals surface area contributed by atoms with Crippen molar-refractivity contribution in [2.45, 2.75) is 31.1 Å². The van der Waals surface area contributed by atoms with Gasteiger partial charge in [-0.25, -0.2) is 4.39 Å². The maximum absolute atomic E-state index is 12.9. The summed E-state index contributed by atoms with van der Waals surface area (Å²) in [4.78, 5) is 14.6. The number of nitrogens with zero attached hydrogens (tertiary/aromatic N) is 1. The lowest BCUT2D eigenvalue weighted by Crippen LogP contribution is -2.43. The van der Waals surface area contributed by atoms with Crippen molar-refractivity contribution in [3.63, 3.8) is 0 Å². The monoisotopic (exact) mass is 405 g/mol. The first-order valence-electron chi connectivity index (χ1n) is 9.54. The van der Waals surface area contributed by atoms with Gasteiger partial charge >= 0.3 is 0 Å². The molecule has 0 radical (unpaired) electrons. The van der Waals surface area contributed by atoms with Crippen molar-refractivity contribution >= 4 is 18.2 Å². The molecule has 0 atom stereocenters. The quantitative estimate of drug-likeness (QED) is 0.752. The number of para-hydroxylation sites is 1. The Bertz CT molecular complexity index is 832. The Labute approximate surface area is 170 Å². The van der Waals surface area contributed by atoms with Gasteiger partial charge in [0.15, 0.2) is 17.3 Å². The number of carbonyl (C=O) groups is 1. The number of carbonyl (C=O) groups excluding carboxylic acids is 1. The van der Waals surface area contributed by atoms with Crippen LogP contribution in [0, 0.1) is 5.82 Å². The minimum absolute atomic E-state index is 0. The summed E-state index contributed by atoms with van der Waals surface area (Å²) in [5.74, 6) is 0.624. The SMILES string of the molecule is Cl.O=C(CCCN1CCC2(CC1)COc1c(O)cccc12)c1ccc(F)cc1. The molecule has 6 heteroatoms. The summed E-state index contributed by atoms with van der Waals surface area (Å²) < 4.78 is 18.7. The maximum Gasteiger partial charge on any atom is 0.164 e. The summed E-state index contributed by atoms with van der Waals surface area (Å²) in [5.41, 5.74) is 1.72. The Morgan fingerprint density at radius 1 is 1.14 bits per heavy atom. The van der Waals surface area contributed by atoms with Gasteiger partial charge in [0.1, 0.15) is 5.82 Å². The number of benzene rings is 2. The van der Waals surface area contributed by atoms with E-state index in [1.165, 1.54) is 12.1 Å². The van der Waals surface area contributed by atoms with Gasteiger partial charge in [-0.1, -0.05) is 12.1 Å². The molecule has 2 aliphatic rings. The number of piperidine rings is 1. The van der Waals surface area contributed by atoms with Crippen LogP contribution in [0.1, 0.15) is 41.6 Å². The molecule has 1 N–H and O–H groups in total. The minimum atomic E-state index is -0.320. The molecule has 1 spiro atoms. The molecule has 0 aromatic heterocycles. The van der Waals surface area contributed by atoms with Crippen LogP contribution in [0.25, 0.3) is 0 Å².